The van der Waals surface area contributed by atoms with Crippen LogP contribution in [-0.2, 0) is 26.3 Å². The van der Waals surface area contributed by atoms with Crippen molar-refractivity contribution in [2.75, 3.05) is 18.6 Å². The van der Waals surface area contributed by atoms with Crippen molar-refractivity contribution in [3.05, 3.63) is 35.9 Å². The molecule has 3 nitrogen and oxygen atoms in total. The molecule has 0 N–H and O–H groups in total. The lowest BCUT2D eigenvalue weighted by molar-refractivity contribution is -0.141. The second-order valence-electron chi connectivity index (χ2n) is 5.55. The van der Waals surface area contributed by atoms with Crippen LogP contribution in [0.3, 0.4) is 0 Å². The van der Waals surface area contributed by atoms with Crippen molar-refractivity contribution in [1.29, 1.82) is 0 Å². The van der Waals surface area contributed by atoms with Crippen LogP contribution in [0.4, 0.5) is 8.78 Å². The molecule has 1 unspecified atom stereocenters. The van der Waals surface area contributed by atoms with Crippen molar-refractivity contribution in [1.82, 2.24) is 0 Å². The summed E-state index contributed by atoms with van der Waals surface area (Å²) in [4.78, 5) is 11.3. The van der Waals surface area contributed by atoms with E-state index in [4.69, 9.17) is 0 Å². The van der Waals surface area contributed by atoms with Crippen LogP contribution in [0.5, 0.6) is 0 Å². The van der Waals surface area contributed by atoms with E-state index in [2.05, 4.69) is 4.74 Å². The van der Waals surface area contributed by atoms with Crippen molar-refractivity contribution >= 4 is 16.8 Å². The van der Waals surface area contributed by atoms with Crippen molar-refractivity contribution in [2.45, 2.75) is 25.2 Å². The standard InChI is InChI=1S/C15H18F2O3S/c1-20-13(18)9-14(7-8-14)10-21(19)11-15(16,17)12-5-3-2-4-6-12/h2-6H,7-11H2,1H3. The fraction of sp³-hybridized carbons (Fsp3) is 0.533. The summed E-state index contributed by atoms with van der Waals surface area (Å²) < 4.78 is 44.7. The summed E-state index contributed by atoms with van der Waals surface area (Å²) in [6, 6.07) is 7.39. The zero-order valence-corrected chi connectivity index (χ0v) is 12.6. The summed E-state index contributed by atoms with van der Waals surface area (Å²) >= 11 is 0. The van der Waals surface area contributed by atoms with E-state index in [1.807, 2.05) is 0 Å². The third-order valence-corrected chi connectivity index (χ3v) is 5.33. The van der Waals surface area contributed by atoms with Crippen LogP contribution in [0.15, 0.2) is 30.3 Å². The highest BCUT2D eigenvalue weighted by atomic mass is 32.2. The van der Waals surface area contributed by atoms with Gasteiger partial charge in [0.05, 0.1) is 19.3 Å². The normalized spacial score (nSPS) is 18.0. The maximum Gasteiger partial charge on any atom is 0.306 e. The molecule has 0 aromatic heterocycles. The molecular formula is C15H18F2O3S. The molecule has 1 aromatic carbocycles. The second kappa shape index (κ2) is 6.22. The molecule has 0 bridgehead atoms. The molecule has 0 saturated heterocycles. The van der Waals surface area contributed by atoms with Crippen LogP contribution in [0.25, 0.3) is 0 Å². The predicted molar refractivity (Wildman–Crippen MR) is 76.5 cm³/mol. The van der Waals surface area contributed by atoms with Gasteiger partial charge < -0.3 is 4.74 Å². The first kappa shape index (κ1) is 16.1. The van der Waals surface area contributed by atoms with E-state index in [0.717, 1.165) is 12.8 Å². The summed E-state index contributed by atoms with van der Waals surface area (Å²) in [5.41, 5.74) is -0.527. The molecule has 0 heterocycles. The summed E-state index contributed by atoms with van der Waals surface area (Å²) in [5.74, 6) is -4.07. The molecule has 1 atom stereocenters. The Hall–Kier alpha value is -1.30. The van der Waals surface area contributed by atoms with Gasteiger partial charge in [-0.2, -0.15) is 0 Å². The minimum absolute atomic E-state index is 0.129. The molecule has 0 aliphatic heterocycles. The van der Waals surface area contributed by atoms with Gasteiger partial charge in [0.1, 0.15) is 0 Å². The van der Waals surface area contributed by atoms with Gasteiger partial charge in [-0.3, -0.25) is 9.00 Å². The van der Waals surface area contributed by atoms with Gasteiger partial charge >= 0.3 is 5.97 Å². The number of ether oxygens (including phenoxy) is 1. The predicted octanol–water partition coefficient (Wildman–Crippen LogP) is 2.87. The summed E-state index contributed by atoms with van der Waals surface area (Å²) in [5, 5.41) is 0. The third kappa shape index (κ3) is 4.33. The smallest absolute Gasteiger partial charge is 0.306 e. The van der Waals surface area contributed by atoms with E-state index in [1.54, 1.807) is 6.07 Å². The Morgan fingerprint density at radius 1 is 1.33 bits per heavy atom. The topological polar surface area (TPSA) is 43.4 Å². The number of carbonyl (C=O) groups excluding carboxylic acids is 1. The number of hydrogen-bond acceptors (Lipinski definition) is 3. The van der Waals surface area contributed by atoms with Gasteiger partial charge in [-0.1, -0.05) is 30.3 Å². The minimum atomic E-state index is -3.12. The highest BCUT2D eigenvalue weighted by Crippen LogP contribution is 2.50. The van der Waals surface area contributed by atoms with E-state index in [0.29, 0.717) is 0 Å². The number of esters is 1. The lowest BCUT2D eigenvalue weighted by Gasteiger charge is -2.18. The van der Waals surface area contributed by atoms with Crippen molar-refractivity contribution < 1.29 is 22.5 Å². The van der Waals surface area contributed by atoms with Gasteiger partial charge in [0, 0.05) is 22.1 Å². The van der Waals surface area contributed by atoms with Gasteiger partial charge in [-0.05, 0) is 18.3 Å². The van der Waals surface area contributed by atoms with Gasteiger partial charge in [0.2, 0.25) is 0 Å². The lowest BCUT2D eigenvalue weighted by atomic mass is 10.1. The van der Waals surface area contributed by atoms with Gasteiger partial charge in [0.15, 0.2) is 0 Å². The SMILES string of the molecule is COC(=O)CC1(CS(=O)CC(F)(F)c2ccccc2)CC1. The number of alkyl halides is 2. The van der Waals surface area contributed by atoms with Crippen molar-refractivity contribution in [3.63, 3.8) is 0 Å². The maximum atomic E-state index is 14.0. The van der Waals surface area contributed by atoms with Crippen LogP contribution in [0.2, 0.25) is 0 Å². The average molecular weight is 316 g/mol. The quantitative estimate of drug-likeness (QED) is 0.727. The average Bonchev–Trinajstić information content (AvgIpc) is 3.18. The van der Waals surface area contributed by atoms with Crippen LogP contribution >= 0.6 is 0 Å². The Labute approximate surface area is 125 Å². The van der Waals surface area contributed by atoms with Gasteiger partial charge in [-0.15, -0.1) is 0 Å². The molecule has 116 valence electrons. The number of benzene rings is 1. The van der Waals surface area contributed by atoms with E-state index in [1.165, 1.54) is 31.4 Å². The molecule has 1 aromatic rings. The molecule has 1 aliphatic carbocycles. The van der Waals surface area contributed by atoms with Crippen molar-refractivity contribution in [3.8, 4) is 0 Å². The lowest BCUT2D eigenvalue weighted by Crippen LogP contribution is -2.27. The summed E-state index contributed by atoms with van der Waals surface area (Å²) in [7, 11) is -0.382. The van der Waals surface area contributed by atoms with Crippen LogP contribution in [0, 0.1) is 5.41 Å². The monoisotopic (exact) mass is 316 g/mol. The molecule has 1 saturated carbocycles. The molecule has 2 rings (SSSR count). The van der Waals surface area contributed by atoms with Gasteiger partial charge in [-0.25, -0.2) is 8.78 Å². The van der Waals surface area contributed by atoms with Crippen LogP contribution in [0.1, 0.15) is 24.8 Å². The molecule has 0 amide bonds. The first-order chi connectivity index (χ1) is 9.87. The van der Waals surface area contributed by atoms with Crippen molar-refractivity contribution in [2.24, 2.45) is 5.41 Å². The Kier molecular flexibility index (Phi) is 4.76. The zero-order valence-electron chi connectivity index (χ0n) is 11.8. The van der Waals surface area contributed by atoms with E-state index < -0.39 is 27.9 Å². The number of halogens is 2. The van der Waals surface area contributed by atoms with E-state index in [-0.39, 0.29) is 23.7 Å². The molecule has 6 heteroatoms. The largest absolute Gasteiger partial charge is 0.469 e. The Balaban J connectivity index is 1.94. The van der Waals surface area contributed by atoms with Crippen LogP contribution in [-0.4, -0.2) is 28.8 Å². The molecule has 21 heavy (non-hydrogen) atoms. The molecular weight excluding hydrogens is 298 g/mol. The maximum absolute atomic E-state index is 14.0. The minimum Gasteiger partial charge on any atom is -0.469 e. The molecule has 0 radical (unpaired) electrons. The molecule has 1 fully saturated rings. The number of methoxy groups -OCH3 is 1. The fourth-order valence-corrected chi connectivity index (χ4v) is 4.03. The Morgan fingerprint density at radius 2 is 1.95 bits per heavy atom. The van der Waals surface area contributed by atoms with E-state index in [9.17, 15) is 17.8 Å². The van der Waals surface area contributed by atoms with Crippen LogP contribution < -0.4 is 0 Å². The number of hydrogen-bond donors (Lipinski definition) is 0. The summed E-state index contributed by atoms with van der Waals surface area (Å²) in [6.07, 6.45) is 1.64. The van der Waals surface area contributed by atoms with E-state index >= 15 is 0 Å². The second-order valence-corrected chi connectivity index (χ2v) is 7.01. The Morgan fingerprint density at radius 3 is 2.48 bits per heavy atom. The highest BCUT2D eigenvalue weighted by molar-refractivity contribution is 7.85. The highest BCUT2D eigenvalue weighted by Gasteiger charge is 2.47. The first-order valence-corrected chi connectivity index (χ1v) is 8.21. The summed E-state index contributed by atoms with van der Waals surface area (Å²) in [6.45, 7) is 0. The first-order valence-electron chi connectivity index (χ1n) is 6.72. The fourth-order valence-electron chi connectivity index (χ4n) is 2.29. The zero-order chi connectivity index (χ0) is 15.5. The molecule has 0 spiro atoms. The molecule has 1 aliphatic rings. The Bertz CT molecular complexity index is 527. The number of carbonyl (C=O) groups is 1. The third-order valence-electron chi connectivity index (χ3n) is 3.71. The number of rotatable bonds is 7. The van der Waals surface area contributed by atoms with Gasteiger partial charge in [0.25, 0.3) is 5.92 Å².